The van der Waals surface area contributed by atoms with Crippen molar-refractivity contribution in [2.75, 3.05) is 0 Å². The van der Waals surface area contributed by atoms with Crippen LogP contribution in [0, 0.1) is 18.3 Å². The molecule has 1 aromatic rings. The van der Waals surface area contributed by atoms with E-state index >= 15 is 0 Å². The second-order valence-corrected chi connectivity index (χ2v) is 6.31. The summed E-state index contributed by atoms with van der Waals surface area (Å²) in [5.74, 6) is -0.0652. The monoisotopic (exact) mass is 320 g/mol. The maximum atomic E-state index is 12.7. The lowest BCUT2D eigenvalue weighted by Gasteiger charge is -2.33. The molecule has 0 radical (unpaired) electrons. The van der Waals surface area contributed by atoms with Crippen molar-refractivity contribution < 1.29 is 4.79 Å². The molecule has 0 saturated heterocycles. The molecule has 1 aromatic carbocycles. The first-order chi connectivity index (χ1) is 8.88. The SMILES string of the molecule is Cc1cccc(C(=O)N(C2CC2)C(C)(C)C#N)c1Br. The van der Waals surface area contributed by atoms with Gasteiger partial charge in [-0.25, -0.2) is 0 Å². The van der Waals surface area contributed by atoms with Gasteiger partial charge >= 0.3 is 0 Å². The normalized spacial score (nSPS) is 14.9. The lowest BCUT2D eigenvalue weighted by Crippen LogP contribution is -2.48. The molecule has 100 valence electrons. The topological polar surface area (TPSA) is 44.1 Å². The molecule has 19 heavy (non-hydrogen) atoms. The minimum atomic E-state index is -0.776. The van der Waals surface area contributed by atoms with Crippen LogP contribution in [0.2, 0.25) is 0 Å². The highest BCUT2D eigenvalue weighted by Crippen LogP contribution is 2.35. The van der Waals surface area contributed by atoms with Gasteiger partial charge in [0.2, 0.25) is 0 Å². The third-order valence-electron chi connectivity index (χ3n) is 3.43. The van der Waals surface area contributed by atoms with E-state index in [1.54, 1.807) is 18.7 Å². The Balaban J connectivity index is 2.41. The standard InChI is InChI=1S/C15H17BrN2O/c1-10-5-4-6-12(13(10)16)14(19)18(11-7-8-11)15(2,3)9-17/h4-6,11H,7-8H2,1-3H3. The maximum Gasteiger partial charge on any atom is 0.256 e. The highest BCUT2D eigenvalue weighted by molar-refractivity contribution is 9.10. The molecule has 0 N–H and O–H groups in total. The fourth-order valence-electron chi connectivity index (χ4n) is 2.21. The summed E-state index contributed by atoms with van der Waals surface area (Å²) in [6, 6.07) is 8.08. The fourth-order valence-corrected chi connectivity index (χ4v) is 2.64. The summed E-state index contributed by atoms with van der Waals surface area (Å²) < 4.78 is 0.819. The van der Waals surface area contributed by atoms with Crippen LogP contribution in [-0.2, 0) is 0 Å². The molecule has 4 heteroatoms. The first-order valence-electron chi connectivity index (χ1n) is 6.38. The van der Waals surface area contributed by atoms with Gasteiger partial charge in [0, 0.05) is 10.5 Å². The zero-order valence-corrected chi connectivity index (χ0v) is 13.0. The molecule has 0 bridgehead atoms. The molecule has 0 heterocycles. The van der Waals surface area contributed by atoms with Crippen LogP contribution in [0.1, 0.15) is 42.6 Å². The Morgan fingerprint density at radius 3 is 2.63 bits per heavy atom. The summed E-state index contributed by atoms with van der Waals surface area (Å²) in [5, 5.41) is 9.31. The summed E-state index contributed by atoms with van der Waals surface area (Å²) in [5.41, 5.74) is 0.883. The number of rotatable bonds is 3. The van der Waals surface area contributed by atoms with Crippen LogP contribution in [-0.4, -0.2) is 22.4 Å². The number of benzene rings is 1. The Morgan fingerprint density at radius 2 is 2.11 bits per heavy atom. The van der Waals surface area contributed by atoms with Crippen LogP contribution in [0.25, 0.3) is 0 Å². The van der Waals surface area contributed by atoms with Crippen LogP contribution in [0.4, 0.5) is 0 Å². The molecule has 2 rings (SSSR count). The Kier molecular flexibility index (Phi) is 3.69. The Morgan fingerprint density at radius 1 is 1.47 bits per heavy atom. The number of halogens is 1. The van der Waals surface area contributed by atoms with Gasteiger partial charge < -0.3 is 4.90 Å². The van der Waals surface area contributed by atoms with Crippen molar-refractivity contribution in [3.8, 4) is 6.07 Å². The van der Waals surface area contributed by atoms with Gasteiger partial charge in [0.1, 0.15) is 5.54 Å². The number of amides is 1. The number of nitriles is 1. The van der Waals surface area contributed by atoms with Gasteiger partial charge in [-0.3, -0.25) is 4.79 Å². The minimum absolute atomic E-state index is 0.0652. The highest BCUT2D eigenvalue weighted by Gasteiger charge is 2.42. The van der Waals surface area contributed by atoms with Gasteiger partial charge in [0.25, 0.3) is 5.91 Å². The first-order valence-corrected chi connectivity index (χ1v) is 7.18. The van der Waals surface area contributed by atoms with Gasteiger partial charge in [0.05, 0.1) is 11.6 Å². The van der Waals surface area contributed by atoms with Gasteiger partial charge in [-0.2, -0.15) is 5.26 Å². The van der Waals surface area contributed by atoms with Crippen LogP contribution >= 0.6 is 15.9 Å². The minimum Gasteiger partial charge on any atom is -0.317 e. The van der Waals surface area contributed by atoms with E-state index in [1.165, 1.54) is 0 Å². The summed E-state index contributed by atoms with van der Waals surface area (Å²) in [6.07, 6.45) is 1.97. The van der Waals surface area contributed by atoms with Crippen LogP contribution < -0.4 is 0 Å². The van der Waals surface area contributed by atoms with Crippen LogP contribution in [0.3, 0.4) is 0 Å². The molecule has 1 aliphatic rings. The Labute approximate surface area is 122 Å². The zero-order valence-electron chi connectivity index (χ0n) is 11.4. The summed E-state index contributed by atoms with van der Waals surface area (Å²) in [6.45, 7) is 5.55. The van der Waals surface area contributed by atoms with Crippen molar-refractivity contribution in [3.63, 3.8) is 0 Å². The zero-order chi connectivity index (χ0) is 14.2. The highest BCUT2D eigenvalue weighted by atomic mass is 79.9. The van der Waals surface area contributed by atoms with Gasteiger partial charge in [-0.1, -0.05) is 12.1 Å². The lowest BCUT2D eigenvalue weighted by atomic mass is 10.0. The Bertz CT molecular complexity index is 556. The molecule has 1 aliphatic carbocycles. The predicted molar refractivity (Wildman–Crippen MR) is 77.8 cm³/mol. The average molecular weight is 321 g/mol. The van der Waals surface area contributed by atoms with Gasteiger partial charge in [-0.15, -0.1) is 0 Å². The lowest BCUT2D eigenvalue weighted by molar-refractivity contribution is 0.0614. The van der Waals surface area contributed by atoms with Crippen molar-refractivity contribution in [2.24, 2.45) is 0 Å². The van der Waals surface area contributed by atoms with E-state index in [2.05, 4.69) is 22.0 Å². The number of carbonyl (C=O) groups is 1. The first kappa shape index (κ1) is 14.1. The van der Waals surface area contributed by atoms with Crippen molar-refractivity contribution in [1.82, 2.24) is 4.90 Å². The molecule has 3 nitrogen and oxygen atoms in total. The fraction of sp³-hybridized carbons (Fsp3) is 0.467. The summed E-state index contributed by atoms with van der Waals surface area (Å²) in [7, 11) is 0. The molecule has 1 saturated carbocycles. The number of hydrogen-bond donors (Lipinski definition) is 0. The van der Waals surface area contributed by atoms with Crippen molar-refractivity contribution in [3.05, 3.63) is 33.8 Å². The third kappa shape index (κ3) is 2.66. The molecule has 1 fully saturated rings. The van der Waals surface area contributed by atoms with E-state index in [4.69, 9.17) is 0 Å². The largest absolute Gasteiger partial charge is 0.317 e. The number of aryl methyl sites for hydroxylation is 1. The number of hydrogen-bond acceptors (Lipinski definition) is 2. The van der Waals surface area contributed by atoms with Crippen LogP contribution in [0.15, 0.2) is 22.7 Å². The molecule has 1 amide bonds. The molecular weight excluding hydrogens is 304 g/mol. The van der Waals surface area contributed by atoms with Gasteiger partial charge in [0.15, 0.2) is 0 Å². The van der Waals surface area contributed by atoms with E-state index in [0.717, 1.165) is 22.9 Å². The molecule has 0 unspecified atom stereocenters. The second-order valence-electron chi connectivity index (χ2n) is 5.51. The van der Waals surface area contributed by atoms with Crippen LogP contribution in [0.5, 0.6) is 0 Å². The predicted octanol–water partition coefficient (Wildman–Crippen LogP) is 3.66. The molecule has 0 spiro atoms. The van der Waals surface area contributed by atoms with Gasteiger partial charge in [-0.05, 0) is 61.2 Å². The third-order valence-corrected chi connectivity index (χ3v) is 4.48. The molecule has 0 aliphatic heterocycles. The molecule has 0 aromatic heterocycles. The molecular formula is C15H17BrN2O. The summed E-state index contributed by atoms with van der Waals surface area (Å²) in [4.78, 5) is 14.5. The smallest absolute Gasteiger partial charge is 0.256 e. The second kappa shape index (κ2) is 4.97. The summed E-state index contributed by atoms with van der Waals surface area (Å²) >= 11 is 3.48. The van der Waals surface area contributed by atoms with E-state index < -0.39 is 5.54 Å². The van der Waals surface area contributed by atoms with Crippen molar-refractivity contribution in [2.45, 2.75) is 45.2 Å². The van der Waals surface area contributed by atoms with E-state index in [1.807, 2.05) is 25.1 Å². The van der Waals surface area contributed by atoms with Crippen molar-refractivity contribution in [1.29, 1.82) is 5.26 Å². The average Bonchev–Trinajstić information content (AvgIpc) is 3.17. The Hall–Kier alpha value is -1.34. The van der Waals surface area contributed by atoms with E-state index in [9.17, 15) is 10.1 Å². The van der Waals surface area contributed by atoms with E-state index in [0.29, 0.717) is 5.56 Å². The van der Waals surface area contributed by atoms with Crippen molar-refractivity contribution >= 4 is 21.8 Å². The van der Waals surface area contributed by atoms with E-state index in [-0.39, 0.29) is 11.9 Å². The number of nitrogens with zero attached hydrogens (tertiary/aromatic N) is 2. The maximum absolute atomic E-state index is 12.7. The molecule has 0 atom stereocenters. The number of carbonyl (C=O) groups excluding carboxylic acids is 1. The quantitative estimate of drug-likeness (QED) is 0.853.